The Kier molecular flexibility index (Phi) is 445. The molecule has 2 heteroatoms. The summed E-state index contributed by atoms with van der Waals surface area (Å²) in [6, 6.07) is 0. The van der Waals surface area contributed by atoms with E-state index in [1.807, 2.05) is 13.8 Å². The summed E-state index contributed by atoms with van der Waals surface area (Å²) >= 11 is 0. The Morgan fingerprint density at radius 2 is 1.00 bits per heavy atom. The van der Waals surface area contributed by atoms with Crippen LogP contribution in [0.15, 0.2) is 0 Å². The van der Waals surface area contributed by atoms with E-state index in [2.05, 4.69) is 0 Å². The van der Waals surface area contributed by atoms with E-state index in [4.69, 9.17) is 0 Å². The zero-order valence-electron chi connectivity index (χ0n) is 3.45. The van der Waals surface area contributed by atoms with Crippen molar-refractivity contribution in [1.29, 1.82) is 0 Å². The van der Waals surface area contributed by atoms with Crippen LogP contribution in [-0.4, -0.2) is 5.48 Å². The van der Waals surface area contributed by atoms with E-state index in [9.17, 15) is 0 Å². The van der Waals surface area contributed by atoms with Crippen LogP contribution in [0.5, 0.6) is 0 Å². The molecule has 4 heavy (non-hydrogen) atoms. The van der Waals surface area contributed by atoms with Crippen LogP contribution in [0.1, 0.15) is 13.8 Å². The molecule has 0 heterocycles. The maximum Gasteiger partial charge on any atom is 1.00 e. The molecular formula is C2H7LiO. The summed E-state index contributed by atoms with van der Waals surface area (Å²) in [7, 11) is 0. The third-order valence-electron chi connectivity index (χ3n) is 0. The molecule has 0 aromatic heterocycles. The van der Waals surface area contributed by atoms with Crippen molar-refractivity contribution < 1.29 is 24.3 Å². The molecule has 0 aromatic rings. The molecule has 22 valence electrons. The summed E-state index contributed by atoms with van der Waals surface area (Å²) in [6.45, 7) is 4.00. The Labute approximate surface area is 38.9 Å². The molecule has 0 unspecified atom stereocenters. The van der Waals surface area contributed by atoms with Crippen molar-refractivity contribution >= 4 is 0 Å². The van der Waals surface area contributed by atoms with Gasteiger partial charge in [-0.3, -0.25) is 0 Å². The van der Waals surface area contributed by atoms with E-state index in [1.165, 1.54) is 0 Å². The maximum atomic E-state index is 2.00. The van der Waals surface area contributed by atoms with Crippen molar-refractivity contribution in [2.75, 3.05) is 0 Å². The van der Waals surface area contributed by atoms with Gasteiger partial charge in [0.1, 0.15) is 0 Å². The molecule has 0 spiro atoms. The second-order valence-corrected chi connectivity index (χ2v) is 0. The van der Waals surface area contributed by atoms with Crippen LogP contribution in [0.4, 0.5) is 0 Å². The molecule has 0 radical (unpaired) electrons. The largest absolute Gasteiger partial charge is 1.00 e. The van der Waals surface area contributed by atoms with Crippen LogP contribution >= 0.6 is 0 Å². The first-order valence-corrected chi connectivity index (χ1v) is 1.00. The molecule has 0 aliphatic heterocycles. The molecule has 0 amide bonds. The third-order valence-corrected chi connectivity index (χ3v) is 0. The normalized spacial score (nSPS) is 1.50. The minimum Gasteiger partial charge on any atom is -0.870 e. The minimum absolute atomic E-state index is 0. The van der Waals surface area contributed by atoms with Crippen LogP contribution < -0.4 is 18.9 Å². The van der Waals surface area contributed by atoms with Crippen molar-refractivity contribution in [3.05, 3.63) is 0 Å². The molecule has 0 atom stereocenters. The van der Waals surface area contributed by atoms with E-state index < -0.39 is 0 Å². The van der Waals surface area contributed by atoms with Crippen molar-refractivity contribution in [1.82, 2.24) is 0 Å². The van der Waals surface area contributed by atoms with Gasteiger partial charge in [-0.25, -0.2) is 0 Å². The second-order valence-electron chi connectivity index (χ2n) is 0. The summed E-state index contributed by atoms with van der Waals surface area (Å²) in [6.07, 6.45) is 0. The van der Waals surface area contributed by atoms with E-state index in [-0.39, 0.29) is 24.3 Å². The Morgan fingerprint density at radius 1 is 1.00 bits per heavy atom. The van der Waals surface area contributed by atoms with Gasteiger partial charge in [0.15, 0.2) is 0 Å². The van der Waals surface area contributed by atoms with Crippen molar-refractivity contribution in [3.63, 3.8) is 0 Å². The van der Waals surface area contributed by atoms with Crippen molar-refractivity contribution in [2.24, 2.45) is 0 Å². The van der Waals surface area contributed by atoms with E-state index in [1.54, 1.807) is 0 Å². The van der Waals surface area contributed by atoms with Crippen LogP contribution in [0.2, 0.25) is 0 Å². The number of hydrogen-bond donors (Lipinski definition) is 0. The quantitative estimate of drug-likeness (QED) is 0.290. The molecule has 0 saturated heterocycles. The van der Waals surface area contributed by atoms with Crippen LogP contribution in [-0.2, 0) is 0 Å². The van der Waals surface area contributed by atoms with Gasteiger partial charge in [0.25, 0.3) is 0 Å². The molecule has 0 saturated carbocycles. The average molecular weight is 54.0 g/mol. The van der Waals surface area contributed by atoms with Crippen molar-refractivity contribution in [3.8, 4) is 0 Å². The monoisotopic (exact) mass is 54.1 g/mol. The summed E-state index contributed by atoms with van der Waals surface area (Å²) in [5.41, 5.74) is 0. The Balaban J connectivity index is -0.00000000500. The van der Waals surface area contributed by atoms with Gasteiger partial charge in [-0.15, -0.1) is 0 Å². The zero-order valence-corrected chi connectivity index (χ0v) is 3.45. The molecule has 0 rings (SSSR count). The molecule has 1 nitrogen and oxygen atoms in total. The fraction of sp³-hybridized carbons (Fsp3) is 1.00. The van der Waals surface area contributed by atoms with Gasteiger partial charge in [0.2, 0.25) is 0 Å². The summed E-state index contributed by atoms with van der Waals surface area (Å²) in [4.78, 5) is 0. The second kappa shape index (κ2) is 74.9. The summed E-state index contributed by atoms with van der Waals surface area (Å²) in [5, 5.41) is 0. The van der Waals surface area contributed by atoms with Gasteiger partial charge in [-0.2, -0.15) is 0 Å². The Morgan fingerprint density at radius 3 is 1.00 bits per heavy atom. The first-order valence-electron chi connectivity index (χ1n) is 1.00. The van der Waals surface area contributed by atoms with Crippen LogP contribution in [0, 0.1) is 0 Å². The fourth-order valence-corrected chi connectivity index (χ4v) is 0. The predicted octanol–water partition coefficient (Wildman–Crippen LogP) is -2.15. The summed E-state index contributed by atoms with van der Waals surface area (Å²) in [5.74, 6) is 0. The zero-order chi connectivity index (χ0) is 2.00. The van der Waals surface area contributed by atoms with Gasteiger partial charge in [0, 0.05) is 0 Å². The first kappa shape index (κ1) is 23.8. The topological polar surface area (TPSA) is 30.0 Å². The first-order chi connectivity index (χ1) is 1.00. The third kappa shape index (κ3) is 20.0. The number of hydrogen-bond acceptors (Lipinski definition) is 1. The van der Waals surface area contributed by atoms with Gasteiger partial charge in [-0.05, 0) is 0 Å². The molecule has 0 aromatic carbocycles. The fourth-order valence-electron chi connectivity index (χ4n) is 0. The molecule has 0 fully saturated rings. The maximum absolute atomic E-state index is 2.00. The smallest absolute Gasteiger partial charge is 0.870 e. The SMILES string of the molecule is CC.[Li+].[OH-]. The Bertz CT molecular complexity index is 6.00. The molecule has 0 bridgehead atoms. The van der Waals surface area contributed by atoms with Gasteiger partial charge in [0.05, 0.1) is 0 Å². The van der Waals surface area contributed by atoms with E-state index >= 15 is 0 Å². The molecule has 0 aliphatic carbocycles. The van der Waals surface area contributed by atoms with Gasteiger partial charge in [-0.1, -0.05) is 13.8 Å². The minimum atomic E-state index is 0. The predicted molar refractivity (Wildman–Crippen MR) is 13.3 cm³/mol. The van der Waals surface area contributed by atoms with Crippen molar-refractivity contribution in [2.45, 2.75) is 13.8 Å². The molecule has 0 aliphatic rings. The summed E-state index contributed by atoms with van der Waals surface area (Å²) < 4.78 is 0. The average Bonchev–Trinajstić information content (AvgIpc) is 1.00. The van der Waals surface area contributed by atoms with E-state index in [0.29, 0.717) is 0 Å². The van der Waals surface area contributed by atoms with Crippen LogP contribution in [0.3, 0.4) is 0 Å². The standard InChI is InChI=1S/C2H6.Li.H2O/c1-2;;/h1-2H3;;1H2/q;+1;/p-1. The number of rotatable bonds is 0. The molecule has 1 N–H and O–H groups in total. The van der Waals surface area contributed by atoms with Crippen LogP contribution in [0.25, 0.3) is 0 Å². The van der Waals surface area contributed by atoms with Gasteiger partial charge < -0.3 is 5.48 Å². The molecular weight excluding hydrogens is 47.0 g/mol. The van der Waals surface area contributed by atoms with Gasteiger partial charge >= 0.3 is 18.9 Å². The van der Waals surface area contributed by atoms with E-state index in [0.717, 1.165) is 0 Å². The Hall–Kier alpha value is 0.557.